The van der Waals surface area contributed by atoms with Crippen LogP contribution in [0, 0.1) is 6.92 Å². The van der Waals surface area contributed by atoms with Crippen molar-refractivity contribution in [3.63, 3.8) is 0 Å². The molecule has 0 saturated carbocycles. The first-order chi connectivity index (χ1) is 9.58. The number of primary amides is 1. The number of ether oxygens (including phenoxy) is 1. The van der Waals surface area contributed by atoms with E-state index in [0.717, 1.165) is 5.56 Å². The van der Waals surface area contributed by atoms with Crippen LogP contribution in [0.1, 0.15) is 26.3 Å². The molecule has 2 rings (SSSR count). The van der Waals surface area contributed by atoms with Crippen LogP contribution in [0.25, 0.3) is 0 Å². The highest BCUT2D eigenvalue weighted by atomic mass is 16.5. The zero-order valence-corrected chi connectivity index (χ0v) is 11.1. The molecular formula is C16H15NO3. The summed E-state index contributed by atoms with van der Waals surface area (Å²) in [6.07, 6.45) is 0. The van der Waals surface area contributed by atoms with Gasteiger partial charge >= 0.3 is 0 Å². The highest BCUT2D eigenvalue weighted by molar-refractivity contribution is 5.98. The van der Waals surface area contributed by atoms with E-state index in [1.165, 1.54) is 0 Å². The van der Waals surface area contributed by atoms with Crippen molar-refractivity contribution < 1.29 is 14.3 Å². The molecule has 0 bridgehead atoms. The van der Waals surface area contributed by atoms with Crippen molar-refractivity contribution in [2.45, 2.75) is 6.92 Å². The van der Waals surface area contributed by atoms with Crippen LogP contribution in [0.15, 0.2) is 48.5 Å². The summed E-state index contributed by atoms with van der Waals surface area (Å²) in [4.78, 5) is 23.2. The summed E-state index contributed by atoms with van der Waals surface area (Å²) in [6, 6.07) is 13.8. The number of ketones is 1. The fraction of sp³-hybridized carbons (Fsp3) is 0.125. The maximum atomic E-state index is 12.0. The number of amides is 1. The van der Waals surface area contributed by atoms with Gasteiger partial charge in [0.15, 0.2) is 12.4 Å². The van der Waals surface area contributed by atoms with Crippen LogP contribution in [-0.2, 0) is 0 Å². The molecule has 102 valence electrons. The number of Topliss-reactive ketones (excluding diaryl/α,β-unsaturated/α-hetero) is 1. The summed E-state index contributed by atoms with van der Waals surface area (Å²) in [5, 5.41) is 0. The number of aryl methyl sites for hydroxylation is 1. The Kier molecular flexibility index (Phi) is 4.15. The van der Waals surface area contributed by atoms with Crippen LogP contribution in [0.3, 0.4) is 0 Å². The Hall–Kier alpha value is -2.62. The molecule has 0 unspecified atom stereocenters. The van der Waals surface area contributed by atoms with Gasteiger partial charge in [-0.1, -0.05) is 42.0 Å². The van der Waals surface area contributed by atoms with Gasteiger partial charge < -0.3 is 10.5 Å². The van der Waals surface area contributed by atoms with Crippen LogP contribution in [0.2, 0.25) is 0 Å². The van der Waals surface area contributed by atoms with Crippen molar-refractivity contribution >= 4 is 11.7 Å². The molecule has 0 atom stereocenters. The van der Waals surface area contributed by atoms with Crippen molar-refractivity contribution in [1.29, 1.82) is 0 Å². The Balaban J connectivity index is 2.07. The number of carbonyl (C=O) groups excluding carboxylic acids is 2. The van der Waals surface area contributed by atoms with Gasteiger partial charge in [0.2, 0.25) is 0 Å². The predicted molar refractivity (Wildman–Crippen MR) is 76.0 cm³/mol. The van der Waals surface area contributed by atoms with Gasteiger partial charge in [0.05, 0.1) is 5.56 Å². The first-order valence-corrected chi connectivity index (χ1v) is 6.19. The fourth-order valence-electron chi connectivity index (χ4n) is 1.76. The number of benzene rings is 2. The zero-order chi connectivity index (χ0) is 14.5. The Morgan fingerprint density at radius 2 is 1.70 bits per heavy atom. The Labute approximate surface area is 117 Å². The van der Waals surface area contributed by atoms with Crippen molar-refractivity contribution in [1.82, 2.24) is 0 Å². The first-order valence-electron chi connectivity index (χ1n) is 6.19. The van der Waals surface area contributed by atoms with E-state index in [0.29, 0.717) is 11.3 Å². The van der Waals surface area contributed by atoms with Crippen LogP contribution in [0.5, 0.6) is 5.75 Å². The monoisotopic (exact) mass is 269 g/mol. The van der Waals surface area contributed by atoms with Gasteiger partial charge in [-0.2, -0.15) is 0 Å². The molecule has 0 aliphatic heterocycles. The van der Waals surface area contributed by atoms with E-state index in [-0.39, 0.29) is 18.0 Å². The second-order valence-electron chi connectivity index (χ2n) is 4.44. The average Bonchev–Trinajstić information content (AvgIpc) is 2.45. The maximum Gasteiger partial charge on any atom is 0.252 e. The molecule has 0 aliphatic rings. The molecule has 0 spiro atoms. The van der Waals surface area contributed by atoms with Gasteiger partial charge in [-0.15, -0.1) is 0 Å². The lowest BCUT2D eigenvalue weighted by Gasteiger charge is -2.08. The molecule has 2 aromatic rings. The third-order valence-electron chi connectivity index (χ3n) is 2.88. The summed E-state index contributed by atoms with van der Waals surface area (Å²) in [6.45, 7) is 1.82. The molecule has 20 heavy (non-hydrogen) atoms. The molecule has 0 saturated heterocycles. The van der Waals surface area contributed by atoms with Gasteiger partial charge in [0.1, 0.15) is 5.75 Å². The number of rotatable bonds is 5. The van der Waals surface area contributed by atoms with E-state index in [1.807, 2.05) is 19.1 Å². The smallest absolute Gasteiger partial charge is 0.252 e. The van der Waals surface area contributed by atoms with Gasteiger partial charge in [-0.25, -0.2) is 0 Å². The Morgan fingerprint density at radius 3 is 2.35 bits per heavy atom. The fourth-order valence-corrected chi connectivity index (χ4v) is 1.76. The third-order valence-corrected chi connectivity index (χ3v) is 2.88. The molecule has 0 fully saturated rings. The minimum absolute atomic E-state index is 0.132. The second kappa shape index (κ2) is 6.02. The number of carbonyl (C=O) groups is 2. The molecule has 0 radical (unpaired) electrons. The number of hydrogen-bond acceptors (Lipinski definition) is 3. The van der Waals surface area contributed by atoms with E-state index >= 15 is 0 Å². The minimum atomic E-state index is -0.580. The zero-order valence-electron chi connectivity index (χ0n) is 11.1. The molecule has 0 aliphatic carbocycles. The second-order valence-corrected chi connectivity index (χ2v) is 4.44. The SMILES string of the molecule is Cc1ccc(C(=O)COc2ccccc2C(N)=O)cc1. The highest BCUT2D eigenvalue weighted by Crippen LogP contribution is 2.17. The van der Waals surface area contributed by atoms with Gasteiger partial charge in [0, 0.05) is 5.56 Å². The van der Waals surface area contributed by atoms with E-state index < -0.39 is 5.91 Å². The highest BCUT2D eigenvalue weighted by Gasteiger charge is 2.11. The molecule has 4 heteroatoms. The van der Waals surface area contributed by atoms with Crippen LogP contribution in [0.4, 0.5) is 0 Å². The van der Waals surface area contributed by atoms with Crippen molar-refractivity contribution in [3.05, 3.63) is 65.2 Å². The largest absolute Gasteiger partial charge is 0.485 e. The molecule has 0 heterocycles. The normalized spacial score (nSPS) is 10.1. The van der Waals surface area contributed by atoms with Crippen molar-refractivity contribution in [2.75, 3.05) is 6.61 Å². The van der Waals surface area contributed by atoms with Gasteiger partial charge in [0.25, 0.3) is 5.91 Å². The number of nitrogens with two attached hydrogens (primary N) is 1. The summed E-state index contributed by atoms with van der Waals surface area (Å²) >= 11 is 0. The quantitative estimate of drug-likeness (QED) is 0.847. The summed E-state index contributed by atoms with van der Waals surface area (Å²) < 4.78 is 5.39. The Morgan fingerprint density at radius 1 is 1.05 bits per heavy atom. The van der Waals surface area contributed by atoms with Crippen LogP contribution in [-0.4, -0.2) is 18.3 Å². The first kappa shape index (κ1) is 13.8. The third kappa shape index (κ3) is 3.23. The lowest BCUT2D eigenvalue weighted by Crippen LogP contribution is -2.16. The molecular weight excluding hydrogens is 254 g/mol. The minimum Gasteiger partial charge on any atom is -0.485 e. The molecule has 2 N–H and O–H groups in total. The average molecular weight is 269 g/mol. The van der Waals surface area contributed by atoms with E-state index in [9.17, 15) is 9.59 Å². The molecule has 2 aromatic carbocycles. The molecule has 1 amide bonds. The van der Waals surface area contributed by atoms with Gasteiger partial charge in [-0.3, -0.25) is 9.59 Å². The summed E-state index contributed by atoms with van der Waals surface area (Å²) in [7, 11) is 0. The van der Waals surface area contributed by atoms with E-state index in [1.54, 1.807) is 36.4 Å². The lowest BCUT2D eigenvalue weighted by molar-refractivity contribution is 0.0912. The van der Waals surface area contributed by atoms with E-state index in [4.69, 9.17) is 10.5 Å². The van der Waals surface area contributed by atoms with Crippen LogP contribution < -0.4 is 10.5 Å². The van der Waals surface area contributed by atoms with Gasteiger partial charge in [-0.05, 0) is 19.1 Å². The van der Waals surface area contributed by atoms with Crippen molar-refractivity contribution in [2.24, 2.45) is 5.73 Å². The maximum absolute atomic E-state index is 12.0. The number of para-hydroxylation sites is 1. The standard InChI is InChI=1S/C16H15NO3/c1-11-6-8-12(9-7-11)14(18)10-20-15-5-3-2-4-13(15)16(17)19/h2-9H,10H2,1H3,(H2,17,19). The topological polar surface area (TPSA) is 69.4 Å². The summed E-state index contributed by atoms with van der Waals surface area (Å²) in [5.74, 6) is -0.409. The number of hydrogen-bond donors (Lipinski definition) is 1. The lowest BCUT2D eigenvalue weighted by atomic mass is 10.1. The summed E-state index contributed by atoms with van der Waals surface area (Å²) in [5.41, 5.74) is 7.17. The molecule has 0 aromatic heterocycles. The predicted octanol–water partition coefficient (Wildman–Crippen LogP) is 2.36. The van der Waals surface area contributed by atoms with Crippen molar-refractivity contribution in [3.8, 4) is 5.75 Å². The Bertz CT molecular complexity index is 632. The van der Waals surface area contributed by atoms with E-state index in [2.05, 4.69) is 0 Å². The van der Waals surface area contributed by atoms with Crippen LogP contribution >= 0.6 is 0 Å². The molecule has 4 nitrogen and oxygen atoms in total.